The average molecular weight is 446 g/mol. The smallest absolute Gasteiger partial charge is 0.321 e. The summed E-state index contributed by atoms with van der Waals surface area (Å²) >= 11 is 0. The third-order valence-corrected chi connectivity index (χ3v) is 4.20. The number of hydrazine groups is 1. The molecule has 5 N–H and O–H groups in total. The van der Waals surface area contributed by atoms with Crippen molar-refractivity contribution >= 4 is 29.1 Å². The third-order valence-electron chi connectivity index (χ3n) is 4.20. The van der Waals surface area contributed by atoms with E-state index in [9.17, 15) is 32.8 Å². The highest BCUT2D eigenvalue weighted by atomic mass is 19.4. The summed E-state index contributed by atoms with van der Waals surface area (Å²) in [6.45, 7) is 1.67. The first-order chi connectivity index (χ1) is 15.1. The topological polar surface area (TPSA) is 149 Å². The zero-order valence-corrected chi connectivity index (χ0v) is 16.5. The lowest BCUT2D eigenvalue weighted by Gasteiger charge is -2.16. The Morgan fingerprint density at radius 2 is 1.75 bits per heavy atom. The molecule has 0 aliphatic carbocycles. The molecule has 0 heterocycles. The van der Waals surface area contributed by atoms with E-state index >= 15 is 0 Å². The molecule has 0 fully saturated rings. The first-order valence-electron chi connectivity index (χ1n) is 8.90. The van der Waals surface area contributed by atoms with Crippen LogP contribution in [-0.2, 0) is 20.6 Å². The number of alkyl halides is 3. The summed E-state index contributed by atoms with van der Waals surface area (Å²) in [6, 6.07) is 12.2. The molecule has 9 nitrogen and oxygen atoms in total. The number of hydrogen-bond acceptors (Lipinski definition) is 6. The van der Waals surface area contributed by atoms with Gasteiger partial charge in [0.25, 0.3) is 5.91 Å². The van der Waals surface area contributed by atoms with Crippen molar-refractivity contribution in [3.8, 4) is 6.07 Å². The number of hydrazone groups is 1. The van der Waals surface area contributed by atoms with Crippen LogP contribution >= 0.6 is 0 Å². The number of aryl methyl sites for hydroxylation is 1. The molecule has 166 valence electrons. The SMILES string of the molecule is Cc1ccccc1[C@H](C#N)/C(=N\NC(=O)C(=O)NN)C(=O)Nc1cccc(C(F)(F)F)c1. The van der Waals surface area contributed by atoms with E-state index in [0.29, 0.717) is 17.2 Å². The van der Waals surface area contributed by atoms with E-state index in [1.807, 2.05) is 6.07 Å². The standard InChI is InChI=1S/C20H17F3N6O3/c1-11-5-2-3-8-14(11)15(10-24)16(28-29-19(32)18(31)27-25)17(30)26-13-7-4-6-12(9-13)20(21,22)23/h2-9,15H,25H2,1H3,(H,26,30)(H,27,31)(H,29,32)/b28-16+/t15-/m0/s1. The number of nitrogens with zero attached hydrogens (tertiary/aromatic N) is 2. The number of halogens is 3. The summed E-state index contributed by atoms with van der Waals surface area (Å²) in [5.41, 5.74) is 2.58. The second-order valence-corrected chi connectivity index (χ2v) is 6.36. The van der Waals surface area contributed by atoms with Gasteiger partial charge in [-0.3, -0.25) is 19.8 Å². The van der Waals surface area contributed by atoms with Gasteiger partial charge in [0.05, 0.1) is 11.6 Å². The van der Waals surface area contributed by atoms with Gasteiger partial charge in [0.1, 0.15) is 11.6 Å². The maximum Gasteiger partial charge on any atom is 0.416 e. The minimum Gasteiger partial charge on any atom is -0.321 e. The lowest BCUT2D eigenvalue weighted by molar-refractivity contribution is -0.139. The number of nitrogens with one attached hydrogen (secondary N) is 3. The van der Waals surface area contributed by atoms with Gasteiger partial charge in [0.2, 0.25) is 0 Å². The van der Waals surface area contributed by atoms with E-state index in [2.05, 4.69) is 10.4 Å². The van der Waals surface area contributed by atoms with Gasteiger partial charge in [-0.25, -0.2) is 11.3 Å². The monoisotopic (exact) mass is 446 g/mol. The Kier molecular flexibility index (Phi) is 7.65. The van der Waals surface area contributed by atoms with Crippen LogP contribution in [0.25, 0.3) is 0 Å². The largest absolute Gasteiger partial charge is 0.416 e. The van der Waals surface area contributed by atoms with E-state index in [1.54, 1.807) is 42.0 Å². The Morgan fingerprint density at radius 1 is 1.06 bits per heavy atom. The Morgan fingerprint density at radius 3 is 2.34 bits per heavy atom. The van der Waals surface area contributed by atoms with E-state index in [4.69, 9.17) is 5.84 Å². The molecule has 0 saturated heterocycles. The van der Waals surface area contributed by atoms with E-state index in [-0.39, 0.29) is 5.69 Å². The molecule has 3 amide bonds. The van der Waals surface area contributed by atoms with Gasteiger partial charge < -0.3 is 5.32 Å². The van der Waals surface area contributed by atoms with Crippen molar-refractivity contribution in [1.82, 2.24) is 10.9 Å². The maximum absolute atomic E-state index is 13.0. The molecule has 2 aromatic carbocycles. The quantitative estimate of drug-likeness (QED) is 0.181. The molecule has 0 radical (unpaired) electrons. The van der Waals surface area contributed by atoms with Crippen LogP contribution in [-0.4, -0.2) is 23.4 Å². The molecule has 2 rings (SSSR count). The van der Waals surface area contributed by atoms with Crippen LogP contribution in [0.15, 0.2) is 53.6 Å². The summed E-state index contributed by atoms with van der Waals surface area (Å²) in [6.07, 6.45) is -4.64. The van der Waals surface area contributed by atoms with Gasteiger partial charge in [-0.05, 0) is 36.2 Å². The van der Waals surface area contributed by atoms with Crippen molar-refractivity contribution in [1.29, 1.82) is 5.26 Å². The van der Waals surface area contributed by atoms with Crippen molar-refractivity contribution in [2.45, 2.75) is 19.0 Å². The maximum atomic E-state index is 13.0. The number of amides is 3. The normalized spacial score (nSPS) is 12.3. The summed E-state index contributed by atoms with van der Waals surface area (Å²) in [4.78, 5) is 35.8. The molecular weight excluding hydrogens is 429 g/mol. The van der Waals surface area contributed by atoms with E-state index in [1.165, 1.54) is 6.07 Å². The number of nitriles is 1. The molecule has 0 spiro atoms. The molecule has 0 aromatic heterocycles. The number of carbonyl (C=O) groups is 3. The predicted molar refractivity (Wildman–Crippen MR) is 108 cm³/mol. The number of nitrogens with two attached hydrogens (primary N) is 1. The van der Waals surface area contributed by atoms with Crippen molar-refractivity contribution < 1.29 is 27.6 Å². The zero-order valence-electron chi connectivity index (χ0n) is 16.5. The predicted octanol–water partition coefficient (Wildman–Crippen LogP) is 1.72. The molecule has 1 atom stereocenters. The van der Waals surface area contributed by atoms with Crippen LogP contribution in [0.2, 0.25) is 0 Å². The lowest BCUT2D eigenvalue weighted by Crippen LogP contribution is -2.42. The van der Waals surface area contributed by atoms with Gasteiger partial charge in [0.15, 0.2) is 0 Å². The van der Waals surface area contributed by atoms with Gasteiger partial charge >= 0.3 is 18.0 Å². The Hall–Kier alpha value is -4.24. The van der Waals surface area contributed by atoms with Crippen LogP contribution in [0.4, 0.5) is 18.9 Å². The fraction of sp³-hybridized carbons (Fsp3) is 0.150. The van der Waals surface area contributed by atoms with Crippen LogP contribution in [0.5, 0.6) is 0 Å². The Labute approximate surface area is 180 Å². The highest BCUT2D eigenvalue weighted by Gasteiger charge is 2.31. The minimum atomic E-state index is -4.64. The summed E-state index contributed by atoms with van der Waals surface area (Å²) in [5, 5.41) is 15.5. The minimum absolute atomic E-state index is 0.218. The van der Waals surface area contributed by atoms with E-state index < -0.39 is 41.1 Å². The third kappa shape index (κ3) is 5.89. The molecule has 0 aliphatic heterocycles. The first-order valence-corrected chi connectivity index (χ1v) is 8.90. The van der Waals surface area contributed by atoms with Crippen LogP contribution < -0.4 is 22.0 Å². The number of rotatable bonds is 5. The van der Waals surface area contributed by atoms with Gasteiger partial charge in [-0.2, -0.15) is 23.5 Å². The average Bonchev–Trinajstić information content (AvgIpc) is 2.76. The molecule has 12 heteroatoms. The molecular formula is C20H17F3N6O3. The summed E-state index contributed by atoms with van der Waals surface area (Å²) < 4.78 is 38.9. The molecule has 0 saturated carbocycles. The highest BCUT2D eigenvalue weighted by Crippen LogP contribution is 2.31. The molecule has 32 heavy (non-hydrogen) atoms. The molecule has 0 unspecified atom stereocenters. The van der Waals surface area contributed by atoms with Crippen molar-refractivity contribution in [3.05, 3.63) is 65.2 Å². The fourth-order valence-corrected chi connectivity index (χ4v) is 2.63. The number of hydrogen-bond donors (Lipinski definition) is 4. The molecule has 2 aromatic rings. The second kappa shape index (κ2) is 10.2. The van der Waals surface area contributed by atoms with Crippen LogP contribution in [0.1, 0.15) is 22.6 Å². The zero-order chi connectivity index (χ0) is 23.9. The van der Waals surface area contributed by atoms with Crippen molar-refractivity contribution in [2.24, 2.45) is 10.9 Å². The van der Waals surface area contributed by atoms with Crippen LogP contribution in [0.3, 0.4) is 0 Å². The van der Waals surface area contributed by atoms with Crippen LogP contribution in [0, 0.1) is 18.3 Å². The van der Waals surface area contributed by atoms with Gasteiger partial charge in [-0.1, -0.05) is 30.3 Å². The Bertz CT molecular complexity index is 1110. The summed E-state index contributed by atoms with van der Waals surface area (Å²) in [5.74, 6) is -0.113. The molecule has 0 bridgehead atoms. The fourth-order valence-electron chi connectivity index (χ4n) is 2.63. The van der Waals surface area contributed by atoms with Gasteiger partial charge in [-0.15, -0.1) is 0 Å². The summed E-state index contributed by atoms with van der Waals surface area (Å²) in [7, 11) is 0. The number of anilines is 1. The number of carbonyl (C=O) groups excluding carboxylic acids is 3. The van der Waals surface area contributed by atoms with Crippen molar-refractivity contribution in [3.63, 3.8) is 0 Å². The van der Waals surface area contributed by atoms with Crippen molar-refractivity contribution in [2.75, 3.05) is 5.32 Å². The van der Waals surface area contributed by atoms with Gasteiger partial charge in [0, 0.05) is 5.69 Å². The second-order valence-electron chi connectivity index (χ2n) is 6.36. The molecule has 0 aliphatic rings. The number of benzene rings is 2. The first kappa shape index (κ1) is 24.0. The lowest BCUT2D eigenvalue weighted by atomic mass is 9.91. The Balaban J connectivity index is 2.45. The van der Waals surface area contributed by atoms with E-state index in [0.717, 1.165) is 12.1 Å². The highest BCUT2D eigenvalue weighted by molar-refractivity contribution is 6.46.